The molecule has 1 amide bonds. The Morgan fingerprint density at radius 1 is 1.36 bits per heavy atom. The summed E-state index contributed by atoms with van der Waals surface area (Å²) in [7, 11) is 0. The van der Waals surface area contributed by atoms with Gasteiger partial charge in [-0.15, -0.1) is 0 Å². The quantitative estimate of drug-likeness (QED) is 0.694. The number of aromatic nitrogens is 2. The second-order valence-corrected chi connectivity index (χ2v) is 5.19. The van der Waals surface area contributed by atoms with Crippen LogP contribution in [-0.2, 0) is 6.54 Å². The molecule has 112 valence electrons. The number of nitrogens with zero attached hydrogens (tertiary/aromatic N) is 1. The van der Waals surface area contributed by atoms with E-state index in [0.29, 0.717) is 32.7 Å². The summed E-state index contributed by atoms with van der Waals surface area (Å²) in [6.45, 7) is 0.101. The summed E-state index contributed by atoms with van der Waals surface area (Å²) in [5, 5.41) is 10.3. The summed E-state index contributed by atoms with van der Waals surface area (Å²) in [6, 6.07) is 7.59. The van der Waals surface area contributed by atoms with Crippen LogP contribution in [0.5, 0.6) is 0 Å². The number of H-pyrrole nitrogens is 1. The molecule has 0 aliphatic heterocycles. The van der Waals surface area contributed by atoms with Crippen molar-refractivity contribution in [2.24, 2.45) is 5.73 Å². The van der Waals surface area contributed by atoms with Gasteiger partial charge in [0.2, 0.25) is 0 Å². The molecule has 0 aliphatic rings. The number of halogens is 2. The molecule has 4 N–H and O–H groups in total. The molecule has 0 saturated carbocycles. The molecule has 1 aromatic heterocycles. The van der Waals surface area contributed by atoms with Gasteiger partial charge in [0.25, 0.3) is 5.91 Å². The van der Waals surface area contributed by atoms with Crippen LogP contribution in [0.1, 0.15) is 15.9 Å². The first-order valence-electron chi connectivity index (χ1n) is 6.51. The van der Waals surface area contributed by atoms with E-state index < -0.39 is 11.7 Å². The summed E-state index contributed by atoms with van der Waals surface area (Å²) < 4.78 is 13.7. The molecule has 3 aromatic rings. The highest BCUT2D eigenvalue weighted by atomic mass is 35.5. The topological polar surface area (TPSA) is 83.8 Å². The van der Waals surface area contributed by atoms with Gasteiger partial charge in [-0.3, -0.25) is 9.89 Å². The molecule has 3 rings (SSSR count). The van der Waals surface area contributed by atoms with Crippen LogP contribution < -0.4 is 11.1 Å². The van der Waals surface area contributed by atoms with E-state index in [1.807, 2.05) is 0 Å². The summed E-state index contributed by atoms with van der Waals surface area (Å²) >= 11 is 5.99. The molecule has 0 aliphatic carbocycles. The molecule has 0 radical (unpaired) electrons. The van der Waals surface area contributed by atoms with Crippen molar-refractivity contribution >= 4 is 34.1 Å². The highest BCUT2D eigenvalue weighted by Crippen LogP contribution is 2.23. The number of amides is 1. The molecule has 22 heavy (non-hydrogen) atoms. The summed E-state index contributed by atoms with van der Waals surface area (Å²) in [6.07, 6.45) is 1.54. The van der Waals surface area contributed by atoms with Crippen molar-refractivity contribution in [1.82, 2.24) is 10.2 Å². The van der Waals surface area contributed by atoms with E-state index in [1.165, 1.54) is 12.1 Å². The zero-order valence-electron chi connectivity index (χ0n) is 11.4. The van der Waals surface area contributed by atoms with Gasteiger partial charge >= 0.3 is 0 Å². The second-order valence-electron chi connectivity index (χ2n) is 4.75. The highest BCUT2D eigenvalue weighted by Gasteiger charge is 2.14. The zero-order valence-corrected chi connectivity index (χ0v) is 12.1. The van der Waals surface area contributed by atoms with Crippen LogP contribution in [0.2, 0.25) is 5.02 Å². The molecule has 0 spiro atoms. The lowest BCUT2D eigenvalue weighted by Gasteiger charge is -2.08. The molecule has 0 saturated heterocycles. The van der Waals surface area contributed by atoms with Gasteiger partial charge in [0.05, 0.1) is 17.3 Å². The predicted molar refractivity (Wildman–Crippen MR) is 83.3 cm³/mol. The number of nitrogens with two attached hydrogens (primary N) is 1. The Kier molecular flexibility index (Phi) is 3.79. The summed E-state index contributed by atoms with van der Waals surface area (Å²) in [5.74, 6) is -0.853. The molecule has 5 nitrogen and oxygen atoms in total. The fourth-order valence-electron chi connectivity index (χ4n) is 2.19. The molecule has 2 aromatic carbocycles. The minimum atomic E-state index is -0.458. The Hall–Kier alpha value is -2.44. The number of benzene rings is 2. The van der Waals surface area contributed by atoms with Crippen LogP contribution in [0.3, 0.4) is 0 Å². The van der Waals surface area contributed by atoms with Crippen molar-refractivity contribution < 1.29 is 9.18 Å². The van der Waals surface area contributed by atoms with Gasteiger partial charge in [0.15, 0.2) is 0 Å². The first-order chi connectivity index (χ1) is 10.6. The molecule has 0 bridgehead atoms. The van der Waals surface area contributed by atoms with Gasteiger partial charge in [-0.25, -0.2) is 4.39 Å². The first-order valence-corrected chi connectivity index (χ1v) is 6.89. The maximum Gasteiger partial charge on any atom is 0.256 e. The number of fused-ring (bicyclic) bond motifs is 1. The van der Waals surface area contributed by atoms with E-state index in [2.05, 4.69) is 15.5 Å². The van der Waals surface area contributed by atoms with Crippen LogP contribution in [-0.4, -0.2) is 16.1 Å². The van der Waals surface area contributed by atoms with Crippen molar-refractivity contribution in [3.63, 3.8) is 0 Å². The highest BCUT2D eigenvalue weighted by molar-refractivity contribution is 6.32. The first kappa shape index (κ1) is 14.5. The second kappa shape index (κ2) is 5.75. The van der Waals surface area contributed by atoms with Crippen molar-refractivity contribution in [3.05, 3.63) is 58.5 Å². The van der Waals surface area contributed by atoms with Crippen LogP contribution in [0.15, 0.2) is 36.5 Å². The van der Waals surface area contributed by atoms with Gasteiger partial charge < -0.3 is 11.1 Å². The fourth-order valence-corrected chi connectivity index (χ4v) is 2.41. The normalized spacial score (nSPS) is 10.9. The number of aromatic amines is 1. The Labute approximate surface area is 130 Å². The zero-order chi connectivity index (χ0) is 15.7. The van der Waals surface area contributed by atoms with E-state index in [9.17, 15) is 9.18 Å². The molecule has 7 heteroatoms. The molecular weight excluding hydrogens is 307 g/mol. The fraction of sp³-hybridized carbons (Fsp3) is 0.0667. The molecule has 0 fully saturated rings. The molecular formula is C15H12ClFN4O. The van der Waals surface area contributed by atoms with Gasteiger partial charge in [0, 0.05) is 28.2 Å². The standard InChI is InChI=1S/C15H12ClFN4O/c16-9-3-11(12-7-19-21-14(12)4-9)15(22)20-10-2-1-8(6-18)13(17)5-10/h1-5,7H,6,18H2,(H,19,21)(H,20,22). The molecule has 1 heterocycles. The van der Waals surface area contributed by atoms with Crippen LogP contribution >= 0.6 is 11.6 Å². The van der Waals surface area contributed by atoms with Gasteiger partial charge in [-0.05, 0) is 24.3 Å². The monoisotopic (exact) mass is 318 g/mol. The van der Waals surface area contributed by atoms with Gasteiger partial charge in [-0.2, -0.15) is 5.10 Å². The maximum atomic E-state index is 13.7. The number of rotatable bonds is 3. The summed E-state index contributed by atoms with van der Waals surface area (Å²) in [4.78, 5) is 12.4. The third kappa shape index (κ3) is 2.66. The Morgan fingerprint density at radius 2 is 2.18 bits per heavy atom. The van der Waals surface area contributed by atoms with Crippen molar-refractivity contribution in [3.8, 4) is 0 Å². The van der Waals surface area contributed by atoms with Gasteiger partial charge in [0.1, 0.15) is 5.82 Å². The Balaban J connectivity index is 1.93. The van der Waals surface area contributed by atoms with Crippen LogP contribution in [0.25, 0.3) is 10.9 Å². The van der Waals surface area contributed by atoms with Crippen LogP contribution in [0, 0.1) is 5.82 Å². The van der Waals surface area contributed by atoms with E-state index in [-0.39, 0.29) is 6.54 Å². The van der Waals surface area contributed by atoms with E-state index >= 15 is 0 Å². The largest absolute Gasteiger partial charge is 0.326 e. The van der Waals surface area contributed by atoms with E-state index in [0.717, 1.165) is 0 Å². The lowest BCUT2D eigenvalue weighted by atomic mass is 10.1. The van der Waals surface area contributed by atoms with Crippen LogP contribution in [0.4, 0.5) is 10.1 Å². The lowest BCUT2D eigenvalue weighted by molar-refractivity contribution is 0.102. The average molecular weight is 319 g/mol. The summed E-state index contributed by atoms with van der Waals surface area (Å²) in [5.41, 5.74) is 7.15. The van der Waals surface area contributed by atoms with Gasteiger partial charge in [-0.1, -0.05) is 17.7 Å². The predicted octanol–water partition coefficient (Wildman–Crippen LogP) is 3.07. The third-order valence-electron chi connectivity index (χ3n) is 3.30. The number of carbonyl (C=O) groups excluding carboxylic acids is 1. The number of hydrogen-bond donors (Lipinski definition) is 3. The maximum absolute atomic E-state index is 13.7. The number of hydrogen-bond acceptors (Lipinski definition) is 3. The minimum Gasteiger partial charge on any atom is -0.326 e. The Morgan fingerprint density at radius 3 is 2.91 bits per heavy atom. The average Bonchev–Trinajstić information content (AvgIpc) is 2.94. The molecule has 0 unspecified atom stereocenters. The SMILES string of the molecule is NCc1ccc(NC(=O)c2cc(Cl)cc3[nH]ncc23)cc1F. The number of anilines is 1. The molecule has 0 atom stereocenters. The number of carbonyl (C=O) groups is 1. The van der Waals surface area contributed by atoms with E-state index in [1.54, 1.807) is 24.4 Å². The third-order valence-corrected chi connectivity index (χ3v) is 3.52. The minimum absolute atomic E-state index is 0.101. The Bertz CT molecular complexity index is 862. The van der Waals surface area contributed by atoms with Crippen molar-refractivity contribution in [2.45, 2.75) is 6.54 Å². The number of nitrogens with one attached hydrogen (secondary N) is 2. The smallest absolute Gasteiger partial charge is 0.256 e. The van der Waals surface area contributed by atoms with Crippen molar-refractivity contribution in [2.75, 3.05) is 5.32 Å². The lowest BCUT2D eigenvalue weighted by Crippen LogP contribution is -2.13. The van der Waals surface area contributed by atoms with Crippen molar-refractivity contribution in [1.29, 1.82) is 0 Å². The van der Waals surface area contributed by atoms with E-state index in [4.69, 9.17) is 17.3 Å².